The third-order valence-corrected chi connectivity index (χ3v) is 8.11. The summed E-state index contributed by atoms with van der Waals surface area (Å²) in [6, 6.07) is 5.86. The zero-order chi connectivity index (χ0) is 27.2. The van der Waals surface area contributed by atoms with Crippen molar-refractivity contribution in [2.24, 2.45) is 5.92 Å². The maximum absolute atomic E-state index is 14.8. The number of rotatable bonds is 11. The summed E-state index contributed by atoms with van der Waals surface area (Å²) in [7, 11) is 1.26. The summed E-state index contributed by atoms with van der Waals surface area (Å²) in [4.78, 5) is 19.5. The van der Waals surface area contributed by atoms with Crippen molar-refractivity contribution in [3.63, 3.8) is 0 Å². The summed E-state index contributed by atoms with van der Waals surface area (Å²) in [6.07, 6.45) is 7.94. The molecule has 3 heterocycles. The van der Waals surface area contributed by atoms with E-state index in [0.717, 1.165) is 69.8 Å². The van der Waals surface area contributed by atoms with Crippen LogP contribution in [0, 0.1) is 17.6 Å². The predicted molar refractivity (Wildman–Crippen MR) is 145 cm³/mol. The molecule has 0 saturated carbocycles. The SMILES string of the molecule is COc1c([C@@H](C(=O)O)C2CCN(CCCCCc3ccc4c(n3)NCCC4)CC2)cc(C(C)C)c(F)c1F. The zero-order valence-corrected chi connectivity index (χ0v) is 22.9. The van der Waals surface area contributed by atoms with Crippen LogP contribution in [0.15, 0.2) is 18.2 Å². The van der Waals surface area contributed by atoms with Gasteiger partial charge >= 0.3 is 5.97 Å². The van der Waals surface area contributed by atoms with Gasteiger partial charge in [0.25, 0.3) is 0 Å². The summed E-state index contributed by atoms with van der Waals surface area (Å²) >= 11 is 0. The minimum Gasteiger partial charge on any atom is -0.493 e. The second kappa shape index (κ2) is 12.9. The number of aliphatic carboxylic acids is 1. The first-order valence-corrected chi connectivity index (χ1v) is 14.0. The van der Waals surface area contributed by atoms with Gasteiger partial charge in [0.1, 0.15) is 5.82 Å². The highest BCUT2D eigenvalue weighted by molar-refractivity contribution is 5.78. The molecule has 0 unspecified atom stereocenters. The first-order valence-electron chi connectivity index (χ1n) is 14.0. The number of hydrogen-bond donors (Lipinski definition) is 2. The highest BCUT2D eigenvalue weighted by Crippen LogP contribution is 2.41. The molecule has 38 heavy (non-hydrogen) atoms. The molecule has 2 N–H and O–H groups in total. The summed E-state index contributed by atoms with van der Waals surface area (Å²) in [5, 5.41) is 13.5. The van der Waals surface area contributed by atoms with Crippen LogP contribution in [-0.4, -0.2) is 54.2 Å². The number of halogens is 2. The number of nitrogens with one attached hydrogen (secondary N) is 1. The second-order valence-corrected chi connectivity index (χ2v) is 11.0. The van der Waals surface area contributed by atoms with Crippen LogP contribution in [0.2, 0.25) is 0 Å². The van der Waals surface area contributed by atoms with Crippen molar-refractivity contribution in [2.75, 3.05) is 38.6 Å². The van der Waals surface area contributed by atoms with Gasteiger partial charge in [0.05, 0.1) is 13.0 Å². The van der Waals surface area contributed by atoms with Crippen LogP contribution in [0.1, 0.15) is 86.6 Å². The first kappa shape index (κ1) is 28.3. The van der Waals surface area contributed by atoms with Crippen LogP contribution in [0.3, 0.4) is 0 Å². The highest BCUT2D eigenvalue weighted by Gasteiger charge is 2.36. The molecule has 1 aromatic carbocycles. The van der Waals surface area contributed by atoms with Crippen molar-refractivity contribution in [1.82, 2.24) is 9.88 Å². The third kappa shape index (κ3) is 6.45. The van der Waals surface area contributed by atoms with E-state index < -0.39 is 23.5 Å². The molecule has 0 radical (unpaired) electrons. The van der Waals surface area contributed by atoms with Crippen LogP contribution < -0.4 is 10.1 Å². The van der Waals surface area contributed by atoms with Crippen LogP contribution in [0.5, 0.6) is 5.75 Å². The lowest BCUT2D eigenvalue weighted by Gasteiger charge is -2.35. The predicted octanol–water partition coefficient (Wildman–Crippen LogP) is 6.14. The number of likely N-dealkylation sites (tertiary alicyclic amines) is 1. The number of pyridine rings is 1. The van der Waals surface area contributed by atoms with Crippen molar-refractivity contribution in [3.8, 4) is 5.75 Å². The number of nitrogens with zero attached hydrogens (tertiary/aromatic N) is 2. The second-order valence-electron chi connectivity index (χ2n) is 11.0. The monoisotopic (exact) mass is 529 g/mol. The van der Waals surface area contributed by atoms with Gasteiger partial charge in [0.15, 0.2) is 11.6 Å². The lowest BCUT2D eigenvalue weighted by atomic mass is 9.78. The van der Waals surface area contributed by atoms with E-state index in [1.54, 1.807) is 13.8 Å². The molecule has 0 bridgehead atoms. The Labute approximate surface area is 224 Å². The fraction of sp³-hybridized carbons (Fsp3) is 0.600. The number of fused-ring (bicyclic) bond motifs is 1. The number of methoxy groups -OCH3 is 1. The molecule has 208 valence electrons. The minimum atomic E-state index is -1.10. The molecular formula is C30H41F2N3O3. The Morgan fingerprint density at radius 2 is 1.92 bits per heavy atom. The number of benzene rings is 1. The third-order valence-electron chi connectivity index (χ3n) is 8.11. The molecule has 1 atom stereocenters. The average molecular weight is 530 g/mol. The number of unbranched alkanes of at least 4 members (excludes halogenated alkanes) is 2. The summed E-state index contributed by atoms with van der Waals surface area (Å²) < 4.78 is 34.5. The van der Waals surface area contributed by atoms with E-state index in [2.05, 4.69) is 22.3 Å². The van der Waals surface area contributed by atoms with Gasteiger partial charge in [0.2, 0.25) is 5.82 Å². The van der Waals surface area contributed by atoms with Gasteiger partial charge in [-0.3, -0.25) is 4.79 Å². The Kier molecular flexibility index (Phi) is 9.58. The standard InChI is InChI=1S/C30H41F2N3O3/c1-19(2)23-18-24(28(38-3)27(32)26(23)31)25(30(36)37)20-12-16-35(17-13-20)15-6-4-5-9-22-11-10-21-8-7-14-33-29(21)34-22/h10-11,18-20,25H,4-9,12-17H2,1-3H3,(H,33,34)(H,36,37)/t25-/m0/s1. The quantitative estimate of drug-likeness (QED) is 0.341. The Balaban J connectivity index is 1.28. The van der Waals surface area contributed by atoms with Gasteiger partial charge in [-0.25, -0.2) is 9.37 Å². The smallest absolute Gasteiger partial charge is 0.311 e. The fourth-order valence-electron chi connectivity index (χ4n) is 5.93. The molecule has 2 aliphatic heterocycles. The van der Waals surface area contributed by atoms with Crippen LogP contribution in [0.4, 0.5) is 14.6 Å². The van der Waals surface area contributed by atoms with E-state index in [1.165, 1.54) is 25.2 Å². The minimum absolute atomic E-state index is 0.161. The molecule has 6 nitrogen and oxygen atoms in total. The first-order chi connectivity index (χ1) is 18.3. The Hall–Kier alpha value is -2.74. The van der Waals surface area contributed by atoms with E-state index in [1.807, 2.05) is 0 Å². The molecule has 1 saturated heterocycles. The van der Waals surface area contributed by atoms with Gasteiger partial charge < -0.3 is 20.1 Å². The van der Waals surface area contributed by atoms with E-state index in [-0.39, 0.29) is 28.7 Å². The Morgan fingerprint density at radius 3 is 2.61 bits per heavy atom. The van der Waals surface area contributed by atoms with Gasteiger partial charge in [-0.1, -0.05) is 26.3 Å². The highest BCUT2D eigenvalue weighted by atomic mass is 19.2. The fourth-order valence-corrected chi connectivity index (χ4v) is 5.93. The molecule has 0 spiro atoms. The van der Waals surface area contributed by atoms with E-state index in [4.69, 9.17) is 9.72 Å². The molecular weight excluding hydrogens is 488 g/mol. The molecule has 4 rings (SSSR count). The summed E-state index contributed by atoms with van der Waals surface area (Å²) in [5.41, 5.74) is 2.89. The van der Waals surface area contributed by atoms with Crippen LogP contribution in [0.25, 0.3) is 0 Å². The molecule has 2 aliphatic rings. The number of ether oxygens (including phenoxy) is 1. The lowest BCUT2D eigenvalue weighted by Crippen LogP contribution is -2.38. The largest absolute Gasteiger partial charge is 0.493 e. The molecule has 0 amide bonds. The number of anilines is 1. The van der Waals surface area contributed by atoms with E-state index in [0.29, 0.717) is 12.8 Å². The number of aryl methyl sites for hydroxylation is 2. The van der Waals surface area contributed by atoms with Gasteiger partial charge in [0, 0.05) is 17.8 Å². The topological polar surface area (TPSA) is 74.7 Å². The molecule has 0 aliphatic carbocycles. The van der Waals surface area contributed by atoms with Crippen LogP contribution in [-0.2, 0) is 17.6 Å². The zero-order valence-electron chi connectivity index (χ0n) is 22.9. The normalized spacial score (nSPS) is 17.2. The van der Waals surface area contributed by atoms with Crippen molar-refractivity contribution in [1.29, 1.82) is 0 Å². The number of carboxylic acids is 1. The van der Waals surface area contributed by atoms with E-state index in [9.17, 15) is 18.7 Å². The summed E-state index contributed by atoms with van der Waals surface area (Å²) in [6.45, 7) is 7.12. The number of hydrogen-bond acceptors (Lipinski definition) is 5. The number of aromatic nitrogens is 1. The molecule has 1 aromatic heterocycles. The van der Waals surface area contributed by atoms with Crippen LogP contribution >= 0.6 is 0 Å². The average Bonchev–Trinajstić information content (AvgIpc) is 2.91. The maximum Gasteiger partial charge on any atom is 0.311 e. The van der Waals surface area contributed by atoms with E-state index >= 15 is 0 Å². The molecule has 1 fully saturated rings. The molecule has 2 aromatic rings. The number of carbonyl (C=O) groups is 1. The Morgan fingerprint density at radius 1 is 1.16 bits per heavy atom. The van der Waals surface area contributed by atoms with Crippen molar-refractivity contribution in [2.45, 2.75) is 77.0 Å². The van der Waals surface area contributed by atoms with Gasteiger partial charge in [-0.2, -0.15) is 4.39 Å². The molecule has 8 heteroatoms. The number of piperidine rings is 1. The number of carboxylic acid groups (broad SMARTS) is 1. The lowest BCUT2D eigenvalue weighted by molar-refractivity contribution is -0.140. The van der Waals surface area contributed by atoms with Crippen molar-refractivity contribution >= 4 is 11.8 Å². The van der Waals surface area contributed by atoms with Crippen molar-refractivity contribution in [3.05, 3.63) is 52.2 Å². The Bertz CT molecular complexity index is 1120. The van der Waals surface area contributed by atoms with Crippen molar-refractivity contribution < 1.29 is 23.4 Å². The summed E-state index contributed by atoms with van der Waals surface area (Å²) in [5.74, 6) is -3.68. The van der Waals surface area contributed by atoms with Gasteiger partial charge in [-0.05, 0) is 99.7 Å². The van der Waals surface area contributed by atoms with Gasteiger partial charge in [-0.15, -0.1) is 0 Å². The maximum atomic E-state index is 14.8.